The largest absolute Gasteiger partial charge is 0.480 e. The highest BCUT2D eigenvalue weighted by atomic mass is 16.5. The number of aliphatic carboxylic acids is 1. The lowest BCUT2D eigenvalue weighted by Gasteiger charge is -2.06. The minimum Gasteiger partial charge on any atom is -0.480 e. The zero-order chi connectivity index (χ0) is 12.6. The van der Waals surface area contributed by atoms with Crippen molar-refractivity contribution in [1.82, 2.24) is 0 Å². The fourth-order valence-electron chi connectivity index (χ4n) is 1.56. The molecule has 6 nitrogen and oxygen atoms in total. The molecule has 1 aromatic carbocycles. The van der Waals surface area contributed by atoms with E-state index in [-0.39, 0.29) is 17.7 Å². The Hall–Kier alpha value is -2.21. The number of carboxylic acids is 1. The van der Waals surface area contributed by atoms with E-state index in [1.54, 1.807) is 6.07 Å². The van der Waals surface area contributed by atoms with Gasteiger partial charge in [0.2, 0.25) is 0 Å². The number of rotatable bonds is 3. The maximum atomic E-state index is 11.2. The maximum absolute atomic E-state index is 11.2. The molecular weight excluding hydrogens is 226 g/mol. The molecule has 0 amide bonds. The third-order valence-electron chi connectivity index (χ3n) is 2.45. The van der Waals surface area contributed by atoms with Crippen LogP contribution in [-0.4, -0.2) is 28.9 Å². The van der Waals surface area contributed by atoms with E-state index in [4.69, 9.17) is 15.6 Å². The van der Waals surface area contributed by atoms with Gasteiger partial charge in [0.1, 0.15) is 11.8 Å². The molecule has 3 N–H and O–H groups in total. The molecule has 1 aliphatic heterocycles. The third-order valence-corrected chi connectivity index (χ3v) is 2.45. The minimum atomic E-state index is -1.11. The number of carboxylic acid groups (broad SMARTS) is 1. The van der Waals surface area contributed by atoms with Crippen LogP contribution >= 0.6 is 0 Å². The molecule has 0 fully saturated rings. The average molecular weight is 235 g/mol. The van der Waals surface area contributed by atoms with Crippen LogP contribution in [0.1, 0.15) is 15.9 Å². The summed E-state index contributed by atoms with van der Waals surface area (Å²) in [5.74, 6) is -2.55. The Kier molecular flexibility index (Phi) is 2.64. The minimum absolute atomic E-state index is 0.106. The molecule has 1 heterocycles. The summed E-state index contributed by atoms with van der Waals surface area (Å²) in [5.41, 5.74) is 6.17. The molecule has 6 heteroatoms. The van der Waals surface area contributed by atoms with Crippen LogP contribution < -0.4 is 10.5 Å². The summed E-state index contributed by atoms with van der Waals surface area (Å²) >= 11 is 0. The molecule has 0 aromatic heterocycles. The highest BCUT2D eigenvalue weighted by molar-refractivity contribution is 6.44. The van der Waals surface area contributed by atoms with Gasteiger partial charge < -0.3 is 15.6 Å². The Morgan fingerprint density at radius 3 is 2.76 bits per heavy atom. The standard InChI is InChI=1S/C11H9NO5/c12-7(10(14)15)3-5-1-2-6-8(4-5)17-11(16)9(6)13/h1-2,4,7H,3,12H2,(H,14,15)/t7-/m0/s1. The molecular formula is C11H9NO5. The van der Waals surface area contributed by atoms with Crippen LogP contribution in [0.25, 0.3) is 0 Å². The van der Waals surface area contributed by atoms with Crippen LogP contribution in [0.15, 0.2) is 18.2 Å². The van der Waals surface area contributed by atoms with Crippen LogP contribution in [0.2, 0.25) is 0 Å². The van der Waals surface area contributed by atoms with Gasteiger partial charge in [-0.15, -0.1) is 0 Å². The van der Waals surface area contributed by atoms with Gasteiger partial charge in [-0.25, -0.2) is 4.79 Å². The number of Topliss-reactive ketones (excluding diaryl/α,β-unsaturated/α-hetero) is 1. The van der Waals surface area contributed by atoms with E-state index in [9.17, 15) is 14.4 Å². The quantitative estimate of drug-likeness (QED) is 0.424. The molecule has 0 radical (unpaired) electrons. The topological polar surface area (TPSA) is 107 Å². The van der Waals surface area contributed by atoms with Crippen molar-refractivity contribution < 1.29 is 24.2 Å². The summed E-state index contributed by atoms with van der Waals surface area (Å²) in [6.07, 6.45) is 0.106. The van der Waals surface area contributed by atoms with Crippen LogP contribution in [0.3, 0.4) is 0 Å². The fourth-order valence-corrected chi connectivity index (χ4v) is 1.56. The first-order valence-electron chi connectivity index (χ1n) is 4.87. The van der Waals surface area contributed by atoms with Gasteiger partial charge in [0.15, 0.2) is 0 Å². The predicted octanol–water partition coefficient (Wildman–Crippen LogP) is -0.257. The lowest BCUT2D eigenvalue weighted by Crippen LogP contribution is -2.32. The summed E-state index contributed by atoms with van der Waals surface area (Å²) in [7, 11) is 0. The average Bonchev–Trinajstić information content (AvgIpc) is 2.54. The van der Waals surface area contributed by atoms with E-state index in [2.05, 4.69) is 0 Å². The third kappa shape index (κ3) is 2.02. The smallest absolute Gasteiger partial charge is 0.385 e. The van der Waals surface area contributed by atoms with Crippen molar-refractivity contribution in [3.63, 3.8) is 0 Å². The predicted molar refractivity (Wildman–Crippen MR) is 55.7 cm³/mol. The molecule has 2 rings (SSSR count). The lowest BCUT2D eigenvalue weighted by atomic mass is 10.0. The van der Waals surface area contributed by atoms with Gasteiger partial charge in [-0.2, -0.15) is 0 Å². The van der Waals surface area contributed by atoms with Gasteiger partial charge in [-0.05, 0) is 24.1 Å². The summed E-state index contributed by atoms with van der Waals surface area (Å²) in [4.78, 5) is 32.8. The second-order valence-corrected chi connectivity index (χ2v) is 3.70. The summed E-state index contributed by atoms with van der Waals surface area (Å²) < 4.78 is 4.73. The number of carbonyl (C=O) groups excluding carboxylic acids is 2. The van der Waals surface area contributed by atoms with E-state index in [1.165, 1.54) is 12.1 Å². The van der Waals surface area contributed by atoms with Crippen LogP contribution in [-0.2, 0) is 16.0 Å². The van der Waals surface area contributed by atoms with Crippen molar-refractivity contribution in [2.75, 3.05) is 0 Å². The van der Waals surface area contributed by atoms with E-state index >= 15 is 0 Å². The first-order chi connectivity index (χ1) is 7.99. The number of esters is 1. The maximum Gasteiger partial charge on any atom is 0.385 e. The Labute approximate surface area is 96.0 Å². The normalized spacial score (nSPS) is 15.4. The molecule has 17 heavy (non-hydrogen) atoms. The van der Waals surface area contributed by atoms with E-state index in [1.807, 2.05) is 0 Å². The molecule has 1 atom stereocenters. The zero-order valence-electron chi connectivity index (χ0n) is 8.67. The number of carbonyl (C=O) groups is 3. The Morgan fingerprint density at radius 1 is 1.41 bits per heavy atom. The van der Waals surface area contributed by atoms with Crippen molar-refractivity contribution in [2.24, 2.45) is 5.73 Å². The molecule has 0 bridgehead atoms. The van der Waals surface area contributed by atoms with Crippen molar-refractivity contribution >= 4 is 17.7 Å². The summed E-state index contributed by atoms with van der Waals surface area (Å²) in [6.45, 7) is 0. The molecule has 0 saturated heterocycles. The second-order valence-electron chi connectivity index (χ2n) is 3.70. The van der Waals surface area contributed by atoms with Crippen molar-refractivity contribution in [2.45, 2.75) is 12.5 Å². The van der Waals surface area contributed by atoms with Gasteiger partial charge >= 0.3 is 11.9 Å². The monoisotopic (exact) mass is 235 g/mol. The summed E-state index contributed by atoms with van der Waals surface area (Å²) in [5, 5.41) is 8.66. The van der Waals surface area contributed by atoms with Crippen molar-refractivity contribution in [3.8, 4) is 5.75 Å². The first kappa shape index (κ1) is 11.3. The van der Waals surface area contributed by atoms with Gasteiger partial charge in [0.05, 0.1) is 5.56 Å². The Morgan fingerprint density at radius 2 is 2.12 bits per heavy atom. The van der Waals surface area contributed by atoms with E-state index in [0.717, 1.165) is 0 Å². The Bertz CT molecular complexity index is 523. The van der Waals surface area contributed by atoms with Crippen LogP contribution in [0.4, 0.5) is 0 Å². The molecule has 0 spiro atoms. The summed E-state index contributed by atoms with van der Waals surface area (Å²) in [6, 6.07) is 3.43. The highest BCUT2D eigenvalue weighted by Crippen LogP contribution is 2.27. The number of hydrogen-bond acceptors (Lipinski definition) is 5. The SMILES string of the molecule is N[C@@H](Cc1ccc2c(c1)OC(=O)C2=O)C(=O)O. The first-order valence-corrected chi connectivity index (χ1v) is 4.87. The van der Waals surface area contributed by atoms with Gasteiger partial charge in [-0.1, -0.05) is 6.07 Å². The van der Waals surface area contributed by atoms with Crippen molar-refractivity contribution in [3.05, 3.63) is 29.3 Å². The Balaban J connectivity index is 2.24. The van der Waals surface area contributed by atoms with Crippen LogP contribution in [0.5, 0.6) is 5.75 Å². The molecule has 1 aromatic rings. The number of fused-ring (bicyclic) bond motifs is 1. The number of hydrogen-bond donors (Lipinski definition) is 2. The van der Waals surface area contributed by atoms with Gasteiger partial charge in [0, 0.05) is 0 Å². The molecule has 0 unspecified atom stereocenters. The van der Waals surface area contributed by atoms with E-state index in [0.29, 0.717) is 5.56 Å². The number of benzene rings is 1. The van der Waals surface area contributed by atoms with Gasteiger partial charge in [0.25, 0.3) is 5.78 Å². The zero-order valence-corrected chi connectivity index (χ0v) is 8.67. The van der Waals surface area contributed by atoms with Gasteiger partial charge in [-0.3, -0.25) is 9.59 Å². The molecule has 0 aliphatic carbocycles. The molecule has 1 aliphatic rings. The fraction of sp³-hybridized carbons (Fsp3) is 0.182. The highest BCUT2D eigenvalue weighted by Gasteiger charge is 2.30. The van der Waals surface area contributed by atoms with Crippen molar-refractivity contribution in [1.29, 1.82) is 0 Å². The van der Waals surface area contributed by atoms with E-state index < -0.39 is 23.8 Å². The number of ketones is 1. The lowest BCUT2D eigenvalue weighted by molar-refractivity contribution is -0.138. The van der Waals surface area contributed by atoms with Crippen LogP contribution in [0, 0.1) is 0 Å². The number of nitrogens with two attached hydrogens (primary N) is 1. The number of ether oxygens (including phenoxy) is 1. The second kappa shape index (κ2) is 3.99. The molecule has 0 saturated carbocycles. The molecule has 88 valence electrons.